The van der Waals surface area contributed by atoms with Crippen LogP contribution >= 0.6 is 0 Å². The third-order valence-corrected chi connectivity index (χ3v) is 7.92. The van der Waals surface area contributed by atoms with Gasteiger partial charge >= 0.3 is 0 Å². The summed E-state index contributed by atoms with van der Waals surface area (Å²) in [6, 6.07) is 16.2. The van der Waals surface area contributed by atoms with E-state index in [0.29, 0.717) is 17.6 Å². The van der Waals surface area contributed by atoms with Crippen molar-refractivity contribution < 1.29 is 4.21 Å². The number of fused-ring (bicyclic) bond motifs is 1. The summed E-state index contributed by atoms with van der Waals surface area (Å²) in [7, 11) is 1.91. The molecule has 0 atom stereocenters. The highest BCUT2D eigenvalue weighted by Gasteiger charge is 2.24. The number of benzene rings is 1. The van der Waals surface area contributed by atoms with Crippen LogP contribution in [0.1, 0.15) is 26.5 Å². The van der Waals surface area contributed by atoms with Crippen molar-refractivity contribution >= 4 is 43.9 Å². The second kappa shape index (κ2) is 12.0. The summed E-state index contributed by atoms with van der Waals surface area (Å²) in [4.78, 5) is 21.5. The molecule has 1 saturated heterocycles. The lowest BCUT2D eigenvalue weighted by Gasteiger charge is -2.36. The first-order valence-electron chi connectivity index (χ1n) is 14.4. The SMILES string of the molecule is CN(C)CCN1CCN(c2ccc(Nc3ncc4cc(C(C)(C)C)n(-c5cccc(N=S(C)(C)=O)n5)c4n3)cc2)CC1. The van der Waals surface area contributed by atoms with Gasteiger partial charge in [-0.2, -0.15) is 9.35 Å². The highest BCUT2D eigenvalue weighted by molar-refractivity contribution is 7.92. The first-order valence-corrected chi connectivity index (χ1v) is 16.7. The van der Waals surface area contributed by atoms with Gasteiger partial charge in [-0.1, -0.05) is 26.8 Å². The summed E-state index contributed by atoms with van der Waals surface area (Å²) in [5, 5.41) is 4.31. The molecule has 1 aliphatic heterocycles. The molecule has 4 aromatic rings. The Morgan fingerprint density at radius 1 is 1.00 bits per heavy atom. The Labute approximate surface area is 250 Å². The molecule has 0 amide bonds. The first-order chi connectivity index (χ1) is 19.9. The van der Waals surface area contributed by atoms with Crippen LogP contribution in [-0.2, 0) is 15.1 Å². The standard InChI is InChI=1S/C31H43N9OS/c1-31(2,3)26-21-23-22-32-30(35-29(23)40(26)28-10-8-9-27(34-28)36-42(6,7)41)33-24-11-13-25(14-12-24)39-19-17-38(18-20-39)16-15-37(4)5/h8-14,21-22H,15-20H2,1-7H3,(H,32,33,35). The van der Waals surface area contributed by atoms with Crippen LogP contribution in [0.4, 0.5) is 23.1 Å². The number of nitrogens with zero attached hydrogens (tertiary/aromatic N) is 8. The van der Waals surface area contributed by atoms with E-state index in [1.54, 1.807) is 18.6 Å². The number of aromatic nitrogens is 4. The molecule has 1 aliphatic rings. The topological polar surface area (TPSA) is 94.8 Å². The molecule has 42 heavy (non-hydrogen) atoms. The summed E-state index contributed by atoms with van der Waals surface area (Å²) in [6.45, 7) is 12.9. The van der Waals surface area contributed by atoms with E-state index in [1.807, 2.05) is 18.3 Å². The zero-order chi connectivity index (χ0) is 30.1. The van der Waals surface area contributed by atoms with E-state index in [0.717, 1.165) is 61.7 Å². The lowest BCUT2D eigenvalue weighted by Crippen LogP contribution is -2.48. The number of pyridine rings is 1. The Morgan fingerprint density at radius 3 is 2.36 bits per heavy atom. The molecule has 1 fully saturated rings. The monoisotopic (exact) mass is 589 g/mol. The lowest BCUT2D eigenvalue weighted by molar-refractivity contribution is 0.229. The van der Waals surface area contributed by atoms with Crippen LogP contribution in [0, 0.1) is 0 Å². The van der Waals surface area contributed by atoms with Crippen LogP contribution < -0.4 is 10.2 Å². The molecule has 0 spiro atoms. The van der Waals surface area contributed by atoms with Crippen LogP contribution in [0.5, 0.6) is 0 Å². The smallest absolute Gasteiger partial charge is 0.229 e. The van der Waals surface area contributed by atoms with E-state index >= 15 is 0 Å². The summed E-state index contributed by atoms with van der Waals surface area (Å²) in [5.74, 6) is 1.62. The molecule has 0 saturated carbocycles. The van der Waals surface area contributed by atoms with Gasteiger partial charge in [-0.05, 0) is 56.6 Å². The average molecular weight is 590 g/mol. The van der Waals surface area contributed by atoms with Crippen LogP contribution in [-0.4, -0.2) is 99.4 Å². The predicted molar refractivity (Wildman–Crippen MR) is 174 cm³/mol. The fraction of sp³-hybridized carbons (Fsp3) is 0.452. The molecule has 5 rings (SSSR count). The molecule has 1 N–H and O–H groups in total. The molecule has 224 valence electrons. The Hall–Kier alpha value is -3.54. The van der Waals surface area contributed by atoms with Crippen molar-refractivity contribution in [2.75, 3.05) is 76.1 Å². The van der Waals surface area contributed by atoms with Crippen LogP contribution in [0.2, 0.25) is 0 Å². The van der Waals surface area contributed by atoms with E-state index in [1.165, 1.54) is 5.69 Å². The third kappa shape index (κ3) is 7.26. The minimum Gasteiger partial charge on any atom is -0.369 e. The molecule has 0 unspecified atom stereocenters. The van der Waals surface area contributed by atoms with E-state index in [4.69, 9.17) is 9.97 Å². The second-order valence-corrected chi connectivity index (χ2v) is 15.1. The van der Waals surface area contributed by atoms with E-state index in [-0.39, 0.29) is 5.41 Å². The molecular formula is C31H43N9OS. The summed E-state index contributed by atoms with van der Waals surface area (Å²) < 4.78 is 18.7. The van der Waals surface area contributed by atoms with Crippen molar-refractivity contribution in [3.8, 4) is 5.82 Å². The Bertz CT molecular complexity index is 1650. The summed E-state index contributed by atoms with van der Waals surface area (Å²) in [5.41, 5.74) is 3.77. The molecule has 0 bridgehead atoms. The minimum atomic E-state index is -2.34. The number of anilines is 3. The number of hydrogen-bond donors (Lipinski definition) is 1. The van der Waals surface area contributed by atoms with Gasteiger partial charge in [0.1, 0.15) is 5.82 Å². The third-order valence-electron chi connectivity index (χ3n) is 7.30. The molecule has 11 heteroatoms. The molecule has 1 aromatic carbocycles. The van der Waals surface area contributed by atoms with E-state index in [9.17, 15) is 4.21 Å². The fourth-order valence-electron chi connectivity index (χ4n) is 5.10. The van der Waals surface area contributed by atoms with Gasteiger partial charge in [0.25, 0.3) is 0 Å². The van der Waals surface area contributed by atoms with E-state index < -0.39 is 9.73 Å². The number of nitrogens with one attached hydrogen (secondary N) is 1. The summed E-state index contributed by atoms with van der Waals surface area (Å²) in [6.07, 6.45) is 5.07. The Kier molecular flexibility index (Phi) is 8.54. The van der Waals surface area contributed by atoms with E-state index in [2.05, 4.69) is 99.1 Å². The maximum atomic E-state index is 12.3. The van der Waals surface area contributed by atoms with Crippen molar-refractivity contribution in [3.63, 3.8) is 0 Å². The van der Waals surface area contributed by atoms with Crippen LogP contribution in [0.15, 0.2) is 59.1 Å². The fourth-order valence-corrected chi connectivity index (χ4v) is 5.65. The van der Waals surface area contributed by atoms with Crippen molar-refractivity contribution in [1.29, 1.82) is 0 Å². The molecule has 4 heterocycles. The molecule has 3 aromatic heterocycles. The molecule has 10 nitrogen and oxygen atoms in total. The van der Waals surface area contributed by atoms with Gasteiger partial charge < -0.3 is 15.1 Å². The number of likely N-dealkylation sites (N-methyl/N-ethyl adjacent to an activating group) is 1. The van der Waals surface area contributed by atoms with Gasteiger partial charge in [-0.15, -0.1) is 0 Å². The molecule has 0 aliphatic carbocycles. The minimum absolute atomic E-state index is 0.181. The zero-order valence-corrected chi connectivity index (χ0v) is 26.6. The normalized spacial score (nSPS) is 15.0. The highest BCUT2D eigenvalue weighted by Crippen LogP contribution is 2.32. The Balaban J connectivity index is 1.38. The van der Waals surface area contributed by atoms with Gasteiger partial charge in [0, 0.05) is 95.6 Å². The van der Waals surface area contributed by atoms with Crippen molar-refractivity contribution in [2.24, 2.45) is 4.36 Å². The van der Waals surface area contributed by atoms with Gasteiger partial charge in [0.05, 0.1) is 0 Å². The van der Waals surface area contributed by atoms with Crippen molar-refractivity contribution in [1.82, 2.24) is 29.3 Å². The second-order valence-electron chi connectivity index (χ2n) is 12.5. The first kappa shape index (κ1) is 29.9. The van der Waals surface area contributed by atoms with Gasteiger partial charge in [0.15, 0.2) is 11.5 Å². The maximum Gasteiger partial charge on any atom is 0.229 e. The van der Waals surface area contributed by atoms with Crippen LogP contribution in [0.3, 0.4) is 0 Å². The highest BCUT2D eigenvalue weighted by atomic mass is 32.2. The maximum absolute atomic E-state index is 12.3. The van der Waals surface area contributed by atoms with Crippen molar-refractivity contribution in [3.05, 3.63) is 60.4 Å². The average Bonchev–Trinajstić information content (AvgIpc) is 3.32. The van der Waals surface area contributed by atoms with Gasteiger partial charge in [-0.25, -0.2) is 14.2 Å². The van der Waals surface area contributed by atoms with Crippen LogP contribution in [0.25, 0.3) is 16.9 Å². The number of rotatable bonds is 8. The van der Waals surface area contributed by atoms with Gasteiger partial charge in [-0.3, -0.25) is 9.47 Å². The predicted octanol–water partition coefficient (Wildman–Crippen LogP) is 4.90. The van der Waals surface area contributed by atoms with Crippen molar-refractivity contribution in [2.45, 2.75) is 26.2 Å². The number of hydrogen-bond acceptors (Lipinski definition) is 9. The lowest BCUT2D eigenvalue weighted by atomic mass is 9.92. The van der Waals surface area contributed by atoms with Gasteiger partial charge in [0.2, 0.25) is 5.95 Å². The number of piperazine rings is 1. The quantitative estimate of drug-likeness (QED) is 0.310. The molecular weight excluding hydrogens is 546 g/mol. The molecule has 0 radical (unpaired) electrons. The Morgan fingerprint density at radius 2 is 1.71 bits per heavy atom. The summed E-state index contributed by atoms with van der Waals surface area (Å²) >= 11 is 0. The largest absolute Gasteiger partial charge is 0.369 e. The zero-order valence-electron chi connectivity index (χ0n) is 25.8.